The molecule has 10 heavy (non-hydrogen) atoms. The zero-order valence-electron chi connectivity index (χ0n) is 5.66. The lowest BCUT2D eigenvalue weighted by molar-refractivity contribution is 1.37. The predicted octanol–water partition coefficient (Wildman–Crippen LogP) is 2.60. The van der Waals surface area contributed by atoms with Crippen LogP contribution in [0.25, 0.3) is 10.1 Å². The second-order valence-corrected chi connectivity index (χ2v) is 3.56. The summed E-state index contributed by atoms with van der Waals surface area (Å²) in [6.45, 7) is 2.12. The molecule has 2 rings (SSSR count). The minimum atomic E-state index is 1.28. The molecule has 0 aliphatic carbocycles. The van der Waals surface area contributed by atoms with Crippen molar-refractivity contribution in [3.8, 4) is 0 Å². The van der Waals surface area contributed by atoms with Crippen LogP contribution in [0.3, 0.4) is 0 Å². The first-order chi connectivity index (χ1) is 4.86. The summed E-state index contributed by atoms with van der Waals surface area (Å²) in [4.78, 5) is 5.39. The van der Waals surface area contributed by atoms with Crippen LogP contribution in [0.5, 0.6) is 0 Å². The Labute approximate surface area is 63.3 Å². The van der Waals surface area contributed by atoms with Gasteiger partial charge in [0.15, 0.2) is 0 Å². The van der Waals surface area contributed by atoms with Gasteiger partial charge < -0.3 is 0 Å². The minimum absolute atomic E-state index is 1.28. The molecule has 0 N–H and O–H groups in total. The highest BCUT2D eigenvalue weighted by Gasteiger charge is 1.94. The van der Waals surface area contributed by atoms with Crippen molar-refractivity contribution in [1.29, 1.82) is 0 Å². The van der Waals surface area contributed by atoms with Gasteiger partial charge in [-0.15, -0.1) is 11.3 Å². The number of aryl methyl sites for hydroxylation is 1. The van der Waals surface area contributed by atoms with Crippen molar-refractivity contribution in [1.82, 2.24) is 4.98 Å². The summed E-state index contributed by atoms with van der Waals surface area (Å²) in [6, 6.07) is 4.22. The smallest absolute Gasteiger partial charge is 0.0528 e. The van der Waals surface area contributed by atoms with Gasteiger partial charge in [0, 0.05) is 17.3 Å². The van der Waals surface area contributed by atoms with Crippen LogP contribution < -0.4 is 0 Å². The molecule has 0 radical (unpaired) electrons. The van der Waals surface area contributed by atoms with E-state index in [0.29, 0.717) is 0 Å². The first kappa shape index (κ1) is 5.86. The summed E-state index contributed by atoms with van der Waals surface area (Å²) in [7, 11) is 0. The summed E-state index contributed by atoms with van der Waals surface area (Å²) in [5, 5.41) is 1.30. The second kappa shape index (κ2) is 2.06. The van der Waals surface area contributed by atoms with Crippen molar-refractivity contribution in [3.63, 3.8) is 0 Å². The van der Waals surface area contributed by atoms with Gasteiger partial charge in [-0.2, -0.15) is 0 Å². The molecule has 0 saturated carbocycles. The molecule has 0 aliphatic rings. The fraction of sp³-hybridized carbons (Fsp3) is 0.125. The Morgan fingerprint density at radius 1 is 1.50 bits per heavy atom. The van der Waals surface area contributed by atoms with E-state index in [1.165, 1.54) is 15.0 Å². The molecule has 0 bridgehead atoms. The first-order valence-electron chi connectivity index (χ1n) is 3.16. The topological polar surface area (TPSA) is 12.9 Å². The SMILES string of the molecule is Cc1cc2ccncc2s1. The summed E-state index contributed by atoms with van der Waals surface area (Å²) in [6.07, 6.45) is 3.74. The van der Waals surface area contributed by atoms with Crippen molar-refractivity contribution < 1.29 is 0 Å². The van der Waals surface area contributed by atoms with Gasteiger partial charge >= 0.3 is 0 Å². The predicted molar refractivity (Wildman–Crippen MR) is 44.4 cm³/mol. The third kappa shape index (κ3) is 0.809. The van der Waals surface area contributed by atoms with Crippen LogP contribution in [0.2, 0.25) is 0 Å². The fourth-order valence-electron chi connectivity index (χ4n) is 1.02. The van der Waals surface area contributed by atoms with Gasteiger partial charge in [-0.1, -0.05) is 0 Å². The molecule has 2 aromatic heterocycles. The van der Waals surface area contributed by atoms with E-state index in [2.05, 4.69) is 18.0 Å². The van der Waals surface area contributed by atoms with Gasteiger partial charge in [-0.05, 0) is 24.4 Å². The Bertz CT molecular complexity index is 318. The van der Waals surface area contributed by atoms with E-state index < -0.39 is 0 Å². The molecule has 0 spiro atoms. The van der Waals surface area contributed by atoms with Gasteiger partial charge in [-0.3, -0.25) is 4.98 Å². The standard InChI is InChI=1S/C8H7NS/c1-6-4-7-2-3-9-5-8(7)10-6/h2-5H,1H3. The third-order valence-electron chi connectivity index (χ3n) is 1.45. The molecule has 0 unspecified atom stereocenters. The first-order valence-corrected chi connectivity index (χ1v) is 3.98. The van der Waals surface area contributed by atoms with Gasteiger partial charge in [-0.25, -0.2) is 0 Å². The van der Waals surface area contributed by atoms with E-state index in [9.17, 15) is 0 Å². The number of aromatic nitrogens is 1. The number of fused-ring (bicyclic) bond motifs is 1. The van der Waals surface area contributed by atoms with E-state index in [1.807, 2.05) is 18.5 Å². The maximum absolute atomic E-state index is 4.04. The summed E-state index contributed by atoms with van der Waals surface area (Å²) in [5.74, 6) is 0. The lowest BCUT2D eigenvalue weighted by atomic mass is 10.3. The molecule has 50 valence electrons. The number of thiophene rings is 1. The molecule has 2 heteroatoms. The van der Waals surface area contributed by atoms with Crippen LogP contribution in [-0.4, -0.2) is 4.98 Å². The average molecular weight is 149 g/mol. The van der Waals surface area contributed by atoms with Crippen molar-refractivity contribution >= 4 is 21.4 Å². The molecule has 0 fully saturated rings. The van der Waals surface area contributed by atoms with E-state index in [0.717, 1.165) is 0 Å². The Balaban J connectivity index is 2.88. The fourth-order valence-corrected chi connectivity index (χ4v) is 1.91. The van der Waals surface area contributed by atoms with Crippen LogP contribution in [0.1, 0.15) is 4.88 Å². The molecule has 2 heterocycles. The van der Waals surface area contributed by atoms with Gasteiger partial charge in [0.1, 0.15) is 0 Å². The van der Waals surface area contributed by atoms with Crippen molar-refractivity contribution in [2.24, 2.45) is 0 Å². The van der Waals surface area contributed by atoms with Crippen molar-refractivity contribution in [3.05, 3.63) is 29.4 Å². The molecule has 1 nitrogen and oxygen atoms in total. The van der Waals surface area contributed by atoms with E-state index in [-0.39, 0.29) is 0 Å². The Hall–Kier alpha value is -0.890. The number of hydrogen-bond donors (Lipinski definition) is 0. The van der Waals surface area contributed by atoms with E-state index in [1.54, 1.807) is 11.3 Å². The van der Waals surface area contributed by atoms with Gasteiger partial charge in [0.2, 0.25) is 0 Å². The summed E-state index contributed by atoms with van der Waals surface area (Å²) < 4.78 is 1.28. The van der Waals surface area contributed by atoms with Gasteiger partial charge in [0.05, 0.1) is 4.70 Å². The van der Waals surface area contributed by atoms with Gasteiger partial charge in [0.25, 0.3) is 0 Å². The monoisotopic (exact) mass is 149 g/mol. The molecule has 0 amide bonds. The maximum atomic E-state index is 4.04. The van der Waals surface area contributed by atoms with Crippen LogP contribution >= 0.6 is 11.3 Å². The van der Waals surface area contributed by atoms with E-state index >= 15 is 0 Å². The van der Waals surface area contributed by atoms with Crippen LogP contribution in [0.15, 0.2) is 24.5 Å². The molecule has 2 aromatic rings. The summed E-state index contributed by atoms with van der Waals surface area (Å²) >= 11 is 1.79. The highest BCUT2D eigenvalue weighted by Crippen LogP contribution is 2.22. The Morgan fingerprint density at radius 2 is 2.40 bits per heavy atom. The minimum Gasteiger partial charge on any atom is -0.263 e. The van der Waals surface area contributed by atoms with Crippen molar-refractivity contribution in [2.45, 2.75) is 6.92 Å². The van der Waals surface area contributed by atoms with Crippen LogP contribution in [-0.2, 0) is 0 Å². The maximum Gasteiger partial charge on any atom is 0.0528 e. The highest BCUT2D eigenvalue weighted by atomic mass is 32.1. The third-order valence-corrected chi connectivity index (χ3v) is 2.45. The van der Waals surface area contributed by atoms with Crippen molar-refractivity contribution in [2.75, 3.05) is 0 Å². The number of rotatable bonds is 0. The zero-order chi connectivity index (χ0) is 6.97. The largest absolute Gasteiger partial charge is 0.263 e. The normalized spacial score (nSPS) is 10.5. The molecular formula is C8H7NS. The molecule has 0 saturated heterocycles. The number of hydrogen-bond acceptors (Lipinski definition) is 2. The average Bonchev–Trinajstić information content (AvgIpc) is 2.27. The Kier molecular flexibility index (Phi) is 1.21. The Morgan fingerprint density at radius 3 is 3.20 bits per heavy atom. The second-order valence-electron chi connectivity index (χ2n) is 2.27. The van der Waals surface area contributed by atoms with Crippen LogP contribution in [0, 0.1) is 6.92 Å². The lowest BCUT2D eigenvalue weighted by Gasteiger charge is -1.81. The highest BCUT2D eigenvalue weighted by molar-refractivity contribution is 7.18. The van der Waals surface area contributed by atoms with E-state index in [4.69, 9.17) is 0 Å². The molecule has 0 aromatic carbocycles. The number of pyridine rings is 1. The lowest BCUT2D eigenvalue weighted by Crippen LogP contribution is -1.64. The van der Waals surface area contributed by atoms with Crippen LogP contribution in [0.4, 0.5) is 0 Å². The quantitative estimate of drug-likeness (QED) is 0.561. The molecule has 0 aliphatic heterocycles. The number of nitrogens with zero attached hydrogens (tertiary/aromatic N) is 1. The molecule has 0 atom stereocenters. The summed E-state index contributed by atoms with van der Waals surface area (Å²) in [5.41, 5.74) is 0. The zero-order valence-corrected chi connectivity index (χ0v) is 6.48. The molecular weight excluding hydrogens is 142 g/mol.